The predicted octanol–water partition coefficient (Wildman–Crippen LogP) is 3.24. The molecule has 2 amide bonds. The van der Waals surface area contributed by atoms with Crippen molar-refractivity contribution in [3.63, 3.8) is 0 Å². The van der Waals surface area contributed by atoms with E-state index < -0.39 is 0 Å². The van der Waals surface area contributed by atoms with Crippen molar-refractivity contribution in [2.75, 3.05) is 18.4 Å². The third-order valence-corrected chi connectivity index (χ3v) is 4.69. The van der Waals surface area contributed by atoms with Crippen LogP contribution in [0.2, 0.25) is 5.02 Å². The predicted molar refractivity (Wildman–Crippen MR) is 99.9 cm³/mol. The van der Waals surface area contributed by atoms with Crippen molar-refractivity contribution in [2.24, 2.45) is 5.73 Å². The summed E-state index contributed by atoms with van der Waals surface area (Å²) in [4.78, 5) is 14.4. The molecule has 2 aromatic rings. The van der Waals surface area contributed by atoms with Gasteiger partial charge in [-0.05, 0) is 43.9 Å². The number of hydrogen-bond acceptors (Lipinski definition) is 3. The lowest BCUT2D eigenvalue weighted by molar-refractivity contribution is 0.213. The number of aryl methyl sites for hydroxylation is 1. The molecule has 25 heavy (non-hydrogen) atoms. The summed E-state index contributed by atoms with van der Waals surface area (Å²) in [5.41, 5.74) is 7.93. The maximum atomic E-state index is 12.6. The van der Waals surface area contributed by atoms with Crippen LogP contribution >= 0.6 is 11.6 Å². The van der Waals surface area contributed by atoms with E-state index in [9.17, 15) is 4.79 Å². The van der Waals surface area contributed by atoms with Crippen LogP contribution in [0, 0.1) is 6.92 Å². The molecule has 6 nitrogen and oxygen atoms in total. The molecule has 1 aromatic heterocycles. The number of hydrogen-bond donors (Lipinski definition) is 2. The molecule has 0 bridgehead atoms. The Hall–Kier alpha value is -2.05. The number of urea groups is 1. The van der Waals surface area contributed by atoms with E-state index in [2.05, 4.69) is 10.4 Å². The van der Waals surface area contributed by atoms with Gasteiger partial charge in [0, 0.05) is 30.2 Å². The van der Waals surface area contributed by atoms with Gasteiger partial charge in [0.2, 0.25) is 0 Å². The van der Waals surface area contributed by atoms with Gasteiger partial charge in [0.15, 0.2) is 0 Å². The third-order valence-electron chi connectivity index (χ3n) is 4.44. The molecule has 1 aliphatic heterocycles. The fourth-order valence-electron chi connectivity index (χ4n) is 3.04. The van der Waals surface area contributed by atoms with Gasteiger partial charge < -0.3 is 10.6 Å². The van der Waals surface area contributed by atoms with E-state index in [0.29, 0.717) is 23.9 Å². The Kier molecular flexibility index (Phi) is 5.60. The minimum Gasteiger partial charge on any atom is -0.328 e. The first-order chi connectivity index (χ1) is 12.0. The van der Waals surface area contributed by atoms with Gasteiger partial charge in [-0.2, -0.15) is 5.10 Å². The monoisotopic (exact) mass is 361 g/mol. The fraction of sp³-hybridized carbons (Fsp3) is 0.444. The van der Waals surface area contributed by atoms with Crippen LogP contribution in [0.15, 0.2) is 30.3 Å². The van der Waals surface area contributed by atoms with E-state index in [1.165, 1.54) is 0 Å². The van der Waals surface area contributed by atoms with Crippen LogP contribution in [0.3, 0.4) is 0 Å². The molecule has 0 unspecified atom stereocenters. The van der Waals surface area contributed by atoms with E-state index in [0.717, 1.165) is 37.1 Å². The van der Waals surface area contributed by atoms with Gasteiger partial charge in [-0.3, -0.25) is 5.32 Å². The lowest BCUT2D eigenvalue weighted by atomic mass is 10.1. The topological polar surface area (TPSA) is 76.2 Å². The van der Waals surface area contributed by atoms with Crippen LogP contribution in [0.1, 0.15) is 30.5 Å². The first-order valence-corrected chi connectivity index (χ1v) is 8.99. The number of likely N-dealkylation sites (tertiary alicyclic amines) is 1. The Morgan fingerprint density at radius 3 is 2.84 bits per heavy atom. The number of aromatic nitrogens is 2. The van der Waals surface area contributed by atoms with Crippen LogP contribution in [-0.2, 0) is 6.54 Å². The van der Waals surface area contributed by atoms with Gasteiger partial charge in [0.05, 0.1) is 12.2 Å². The lowest BCUT2D eigenvalue weighted by Gasteiger charge is -2.21. The molecular formula is C18H24ClN5O. The molecule has 1 fully saturated rings. The fourth-order valence-corrected chi connectivity index (χ4v) is 3.17. The Morgan fingerprint density at radius 1 is 1.32 bits per heavy atom. The van der Waals surface area contributed by atoms with Crippen molar-refractivity contribution in [3.05, 3.63) is 46.6 Å². The van der Waals surface area contributed by atoms with Gasteiger partial charge >= 0.3 is 6.03 Å². The molecule has 7 heteroatoms. The number of carbonyl (C=O) groups is 1. The summed E-state index contributed by atoms with van der Waals surface area (Å²) in [5, 5.41) is 8.19. The standard InChI is InChI=1S/C18H24ClN5O/c1-13-11-17(21-18(25)23-9-2-3-16(20)8-10-23)24(22-13)12-14-4-6-15(19)7-5-14/h4-7,11,16H,2-3,8-10,12,20H2,1H3,(H,21,25)/t16-/m1/s1. The molecule has 2 heterocycles. The molecule has 1 aliphatic rings. The summed E-state index contributed by atoms with van der Waals surface area (Å²) >= 11 is 5.93. The molecule has 0 saturated carbocycles. The zero-order valence-electron chi connectivity index (χ0n) is 14.4. The Labute approximate surface area is 152 Å². The Morgan fingerprint density at radius 2 is 2.08 bits per heavy atom. The van der Waals surface area contributed by atoms with E-state index in [-0.39, 0.29) is 12.1 Å². The first-order valence-electron chi connectivity index (χ1n) is 8.61. The smallest absolute Gasteiger partial charge is 0.323 e. The van der Waals surface area contributed by atoms with Crippen molar-refractivity contribution < 1.29 is 4.79 Å². The second-order valence-corrected chi connectivity index (χ2v) is 7.00. The number of carbonyl (C=O) groups excluding carboxylic acids is 1. The Bertz CT molecular complexity index is 728. The van der Waals surface area contributed by atoms with Crippen LogP contribution in [0.25, 0.3) is 0 Å². The summed E-state index contributed by atoms with van der Waals surface area (Å²) in [6.45, 7) is 3.92. The van der Waals surface area contributed by atoms with E-state index in [1.807, 2.05) is 42.2 Å². The molecule has 3 rings (SSSR count). The van der Waals surface area contributed by atoms with Crippen molar-refractivity contribution in [2.45, 2.75) is 38.8 Å². The number of amides is 2. The average Bonchev–Trinajstić information content (AvgIpc) is 2.78. The third kappa shape index (κ3) is 4.74. The lowest BCUT2D eigenvalue weighted by Crippen LogP contribution is -2.36. The zero-order valence-corrected chi connectivity index (χ0v) is 15.2. The largest absolute Gasteiger partial charge is 0.328 e. The highest BCUT2D eigenvalue weighted by atomic mass is 35.5. The van der Waals surface area contributed by atoms with Gasteiger partial charge in [-0.15, -0.1) is 0 Å². The van der Waals surface area contributed by atoms with Crippen molar-refractivity contribution >= 4 is 23.4 Å². The molecule has 1 saturated heterocycles. The Balaban J connectivity index is 1.69. The van der Waals surface area contributed by atoms with Gasteiger partial charge in [-0.25, -0.2) is 9.48 Å². The van der Waals surface area contributed by atoms with Gasteiger partial charge in [-0.1, -0.05) is 23.7 Å². The highest BCUT2D eigenvalue weighted by Crippen LogP contribution is 2.17. The van der Waals surface area contributed by atoms with Crippen molar-refractivity contribution in [1.29, 1.82) is 0 Å². The molecule has 0 aliphatic carbocycles. The normalized spacial score (nSPS) is 18.0. The van der Waals surface area contributed by atoms with Crippen LogP contribution < -0.4 is 11.1 Å². The van der Waals surface area contributed by atoms with E-state index >= 15 is 0 Å². The zero-order chi connectivity index (χ0) is 17.8. The molecule has 3 N–H and O–H groups in total. The SMILES string of the molecule is Cc1cc(NC(=O)N2CCC[C@@H](N)CC2)n(Cc2ccc(Cl)cc2)n1. The summed E-state index contributed by atoms with van der Waals surface area (Å²) in [6, 6.07) is 9.61. The maximum Gasteiger partial charge on any atom is 0.323 e. The number of nitrogens with two attached hydrogens (primary N) is 1. The number of benzene rings is 1. The number of anilines is 1. The average molecular weight is 362 g/mol. The summed E-state index contributed by atoms with van der Waals surface area (Å²) in [5.74, 6) is 0.700. The van der Waals surface area contributed by atoms with E-state index in [1.54, 1.807) is 4.68 Å². The molecule has 0 radical (unpaired) electrons. The minimum atomic E-state index is -0.0913. The van der Waals surface area contributed by atoms with Crippen LogP contribution in [-0.4, -0.2) is 39.8 Å². The highest BCUT2D eigenvalue weighted by molar-refractivity contribution is 6.30. The van der Waals surface area contributed by atoms with Crippen LogP contribution in [0.5, 0.6) is 0 Å². The van der Waals surface area contributed by atoms with Gasteiger partial charge in [0.25, 0.3) is 0 Å². The highest BCUT2D eigenvalue weighted by Gasteiger charge is 2.20. The number of nitrogens with zero attached hydrogens (tertiary/aromatic N) is 3. The number of rotatable bonds is 3. The number of nitrogens with one attached hydrogen (secondary N) is 1. The molecule has 134 valence electrons. The van der Waals surface area contributed by atoms with Crippen LogP contribution in [0.4, 0.5) is 10.6 Å². The minimum absolute atomic E-state index is 0.0913. The van der Waals surface area contributed by atoms with Crippen molar-refractivity contribution in [3.8, 4) is 0 Å². The first kappa shape index (κ1) is 17.8. The molecule has 1 aromatic carbocycles. The second-order valence-electron chi connectivity index (χ2n) is 6.56. The maximum absolute atomic E-state index is 12.6. The summed E-state index contributed by atoms with van der Waals surface area (Å²) in [6.07, 6.45) is 2.76. The molecule has 0 spiro atoms. The van der Waals surface area contributed by atoms with Crippen molar-refractivity contribution in [1.82, 2.24) is 14.7 Å². The van der Waals surface area contributed by atoms with Gasteiger partial charge in [0.1, 0.15) is 5.82 Å². The molecular weight excluding hydrogens is 338 g/mol. The molecule has 1 atom stereocenters. The summed E-state index contributed by atoms with van der Waals surface area (Å²) in [7, 11) is 0. The van der Waals surface area contributed by atoms with E-state index in [4.69, 9.17) is 17.3 Å². The summed E-state index contributed by atoms with van der Waals surface area (Å²) < 4.78 is 1.81. The quantitative estimate of drug-likeness (QED) is 0.881. The second kappa shape index (κ2) is 7.89. The number of halogens is 1.